The Morgan fingerprint density at radius 2 is 1.11 bits per heavy atom. The van der Waals surface area contributed by atoms with E-state index in [0.29, 0.717) is 64.9 Å². The number of ether oxygens (including phenoxy) is 2. The third-order valence-electron chi connectivity index (χ3n) is 12.8. The summed E-state index contributed by atoms with van der Waals surface area (Å²) in [5, 5.41) is 20.8. The molecule has 6 aromatic carbocycles. The summed E-state index contributed by atoms with van der Waals surface area (Å²) in [7, 11) is 0. The second kappa shape index (κ2) is 25.4. The molecule has 25 heteroatoms. The Labute approximate surface area is 481 Å². The van der Waals surface area contributed by atoms with Crippen LogP contribution < -0.4 is 35.6 Å². The SMILES string of the molecule is CC(C)c1ccc(-c2ccc(C(C)C)c(N3C(=O)CSC3=NC(=O)NCCc3ccc(-c4ncn(-c5ccc(OC(F)(F)F)cc5)n4)cc3)c2)cc1NC(=S)NC(=O)NCCc1ccc(-c2ncn(-c3ccc(OC(F)(F)F)cc3)n2)cc1. The first-order valence-electron chi connectivity index (χ1n) is 25.8. The second-order valence-corrected chi connectivity index (χ2v) is 20.7. The highest BCUT2D eigenvalue weighted by atomic mass is 32.2. The maximum Gasteiger partial charge on any atom is 0.573 e. The Morgan fingerprint density at radius 1 is 0.639 bits per heavy atom. The summed E-state index contributed by atoms with van der Waals surface area (Å²) in [5.41, 5.74) is 8.89. The Hall–Kier alpha value is -9.10. The van der Waals surface area contributed by atoms with Crippen molar-refractivity contribution >= 4 is 63.6 Å². The number of nitrogens with zero attached hydrogens (tertiary/aromatic N) is 8. The molecule has 17 nitrogen and oxygen atoms in total. The number of thioether (sulfide) groups is 1. The van der Waals surface area contributed by atoms with Gasteiger partial charge < -0.3 is 25.4 Å². The summed E-state index contributed by atoms with van der Waals surface area (Å²) in [5.74, 6) is 0.0450. The van der Waals surface area contributed by atoms with Crippen molar-refractivity contribution < 1.29 is 50.2 Å². The third kappa shape index (κ3) is 15.5. The number of benzene rings is 6. The van der Waals surface area contributed by atoms with Crippen LogP contribution in [-0.2, 0) is 17.6 Å². The normalized spacial score (nSPS) is 13.2. The summed E-state index contributed by atoms with van der Waals surface area (Å²) in [4.78, 5) is 54.5. The predicted octanol–water partition coefficient (Wildman–Crippen LogP) is 12.5. The number of carbonyl (C=O) groups is 3. The molecule has 1 aliphatic rings. The summed E-state index contributed by atoms with van der Waals surface area (Å²) in [6, 6.07) is 36.0. The molecule has 1 saturated heterocycles. The van der Waals surface area contributed by atoms with Crippen molar-refractivity contribution in [3.63, 3.8) is 0 Å². The van der Waals surface area contributed by atoms with Gasteiger partial charge in [0.15, 0.2) is 21.9 Å². The first-order valence-corrected chi connectivity index (χ1v) is 27.2. The largest absolute Gasteiger partial charge is 0.573 e. The average Bonchev–Trinajstić information content (AvgIpc) is 4.12. The summed E-state index contributed by atoms with van der Waals surface area (Å²) >= 11 is 6.79. The zero-order chi connectivity index (χ0) is 59.0. The molecule has 83 heavy (non-hydrogen) atoms. The zero-order valence-electron chi connectivity index (χ0n) is 44.7. The maximum atomic E-state index is 13.7. The van der Waals surface area contributed by atoms with Crippen molar-refractivity contribution in [2.24, 2.45) is 4.99 Å². The number of amidine groups is 1. The fraction of sp³-hybridized carbons (Fsp3) is 0.224. The van der Waals surface area contributed by atoms with Gasteiger partial charge in [-0.05, 0) is 131 Å². The number of hydrogen-bond donors (Lipinski definition) is 4. The van der Waals surface area contributed by atoms with Crippen LogP contribution in [0.2, 0.25) is 0 Å². The van der Waals surface area contributed by atoms with Crippen molar-refractivity contribution in [2.45, 2.75) is 65.1 Å². The number of thiocarbonyl (C=S) groups is 1. The van der Waals surface area contributed by atoms with Gasteiger partial charge in [-0.3, -0.25) is 15.0 Å². The molecule has 1 aliphatic heterocycles. The van der Waals surface area contributed by atoms with E-state index >= 15 is 0 Å². The van der Waals surface area contributed by atoms with E-state index in [1.165, 1.54) is 87.2 Å². The Kier molecular flexibility index (Phi) is 17.9. The smallest absolute Gasteiger partial charge is 0.406 e. The third-order valence-corrected chi connectivity index (χ3v) is 13.9. The number of hydrogen-bond acceptors (Lipinski definition) is 11. The number of anilines is 2. The van der Waals surface area contributed by atoms with E-state index in [9.17, 15) is 40.7 Å². The van der Waals surface area contributed by atoms with E-state index in [2.05, 4.69) is 55.9 Å². The molecule has 0 atom stereocenters. The quantitative estimate of drug-likeness (QED) is 0.0498. The first kappa shape index (κ1) is 58.6. The molecule has 8 aromatic rings. The van der Waals surface area contributed by atoms with E-state index in [1.807, 2.05) is 113 Å². The number of aromatic nitrogens is 6. The van der Waals surface area contributed by atoms with Crippen LogP contribution in [0.5, 0.6) is 11.5 Å². The van der Waals surface area contributed by atoms with Crippen molar-refractivity contribution in [1.82, 2.24) is 45.5 Å². The van der Waals surface area contributed by atoms with Crippen LogP contribution in [0.1, 0.15) is 61.8 Å². The van der Waals surface area contributed by atoms with Crippen LogP contribution in [0.15, 0.2) is 151 Å². The van der Waals surface area contributed by atoms with Crippen molar-refractivity contribution in [3.05, 3.63) is 168 Å². The number of nitrogens with one attached hydrogen (secondary N) is 4. The Bertz CT molecular complexity index is 3670. The first-order chi connectivity index (χ1) is 39.6. The highest BCUT2D eigenvalue weighted by Crippen LogP contribution is 2.39. The number of amides is 5. The van der Waals surface area contributed by atoms with Gasteiger partial charge in [0.1, 0.15) is 24.2 Å². The van der Waals surface area contributed by atoms with Gasteiger partial charge in [-0.2, -0.15) is 4.99 Å². The standard InChI is InChI=1S/C58H52F6N12O5S2/c1-34(2)46-23-13-40(29-48(46)69-55(82)70-53(78)65-27-25-36-5-9-38(10-6-36)51-67-32-74(72-51)42-15-19-44(20-16-42)80-57(59,60)61)41-14-24-47(35(3)4)49(30-41)76-50(77)31-83-56(76)71-54(79)66-28-26-37-7-11-39(12-8-37)52-68-33-75(73-52)43-17-21-45(22-18-43)81-58(62,63)64/h5-24,29-30,32-35H,25-28,31H2,1-4H3,(H,66,79)(H3,65,69,70,78,82). The monoisotopic (exact) mass is 1170 g/mol. The van der Waals surface area contributed by atoms with Crippen molar-refractivity contribution in [3.8, 4) is 56.8 Å². The minimum atomic E-state index is -4.80. The van der Waals surface area contributed by atoms with Crippen LogP contribution in [0, 0.1) is 0 Å². The van der Waals surface area contributed by atoms with Crippen molar-refractivity contribution in [2.75, 3.05) is 29.1 Å². The van der Waals surface area contributed by atoms with Gasteiger partial charge in [-0.25, -0.2) is 28.9 Å². The second-order valence-electron chi connectivity index (χ2n) is 19.4. The molecule has 2 aromatic heterocycles. The highest BCUT2D eigenvalue weighted by molar-refractivity contribution is 8.15. The molecular weight excluding hydrogens is 1120 g/mol. The molecule has 0 spiro atoms. The minimum Gasteiger partial charge on any atom is -0.406 e. The molecule has 3 heterocycles. The number of carbonyl (C=O) groups excluding carboxylic acids is 3. The number of alkyl halides is 6. The number of aliphatic imine (C=N–C) groups is 1. The number of rotatable bonds is 17. The lowest BCUT2D eigenvalue weighted by Gasteiger charge is -2.23. The average molecular weight is 1180 g/mol. The van der Waals surface area contributed by atoms with E-state index in [4.69, 9.17) is 12.2 Å². The molecule has 0 unspecified atom stereocenters. The van der Waals surface area contributed by atoms with Crippen LogP contribution in [0.3, 0.4) is 0 Å². The molecule has 0 radical (unpaired) electrons. The summed E-state index contributed by atoms with van der Waals surface area (Å²) in [6.07, 6.45) is -5.72. The van der Waals surface area contributed by atoms with Gasteiger partial charge in [0.25, 0.3) is 0 Å². The fourth-order valence-electron chi connectivity index (χ4n) is 8.78. The van der Waals surface area contributed by atoms with Gasteiger partial charge in [-0.15, -0.1) is 36.5 Å². The fourth-order valence-corrected chi connectivity index (χ4v) is 9.84. The Morgan fingerprint density at radius 3 is 1.60 bits per heavy atom. The van der Waals surface area contributed by atoms with Crippen LogP contribution >= 0.6 is 24.0 Å². The summed E-state index contributed by atoms with van der Waals surface area (Å²) < 4.78 is 86.2. The summed E-state index contributed by atoms with van der Waals surface area (Å²) in [6.45, 7) is 8.66. The molecule has 5 amide bonds. The van der Waals surface area contributed by atoms with E-state index in [0.717, 1.165) is 33.4 Å². The molecule has 1 fully saturated rings. The van der Waals surface area contributed by atoms with Gasteiger partial charge in [-0.1, -0.05) is 112 Å². The van der Waals surface area contributed by atoms with Gasteiger partial charge in [0, 0.05) is 29.9 Å². The minimum absolute atomic E-state index is 0.0000886. The molecular formula is C58H52F6N12O5S2. The molecule has 0 aliphatic carbocycles. The van der Waals surface area contributed by atoms with Gasteiger partial charge >= 0.3 is 24.8 Å². The molecule has 0 saturated carbocycles. The molecule has 428 valence electrons. The van der Waals surface area contributed by atoms with E-state index < -0.39 is 24.8 Å². The van der Waals surface area contributed by atoms with E-state index in [1.54, 1.807) is 0 Å². The predicted molar refractivity (Wildman–Crippen MR) is 308 cm³/mol. The lowest BCUT2D eigenvalue weighted by atomic mass is 9.93. The van der Waals surface area contributed by atoms with Crippen LogP contribution in [-0.4, -0.2) is 89.3 Å². The lowest BCUT2D eigenvalue weighted by Crippen LogP contribution is -2.42. The molecule has 4 N–H and O–H groups in total. The zero-order valence-corrected chi connectivity index (χ0v) is 46.4. The van der Waals surface area contributed by atoms with Gasteiger partial charge in [0.05, 0.1) is 22.8 Å². The van der Waals surface area contributed by atoms with Gasteiger partial charge in [0.2, 0.25) is 5.91 Å². The topological polar surface area (TPSA) is 195 Å². The van der Waals surface area contributed by atoms with Crippen LogP contribution in [0.4, 0.5) is 47.3 Å². The maximum absolute atomic E-state index is 13.7. The number of urea groups is 2. The van der Waals surface area contributed by atoms with Crippen LogP contribution in [0.25, 0.3) is 45.3 Å². The Balaban J connectivity index is 0.783. The molecule has 0 bridgehead atoms. The van der Waals surface area contributed by atoms with Crippen molar-refractivity contribution in [1.29, 1.82) is 0 Å². The van der Waals surface area contributed by atoms with E-state index in [-0.39, 0.29) is 51.8 Å². The lowest BCUT2D eigenvalue weighted by molar-refractivity contribution is -0.275. The number of halogens is 6. The molecule has 9 rings (SSSR count). The highest BCUT2D eigenvalue weighted by Gasteiger charge is 2.34.